The van der Waals surface area contributed by atoms with Gasteiger partial charge in [0, 0.05) is 44.5 Å². The summed E-state index contributed by atoms with van der Waals surface area (Å²) in [7, 11) is 7.05. The zero-order chi connectivity index (χ0) is 44.4. The van der Waals surface area contributed by atoms with Gasteiger partial charge in [0.15, 0.2) is 22.4 Å². The van der Waals surface area contributed by atoms with E-state index in [2.05, 4.69) is 146 Å². The molecule has 8 aromatic rings. The maximum Gasteiger partial charge on any atom is 0.150 e. The lowest BCUT2D eigenvalue weighted by Gasteiger charge is -2.37. The molecule has 0 amide bonds. The first-order valence-corrected chi connectivity index (χ1v) is 23.0. The highest BCUT2D eigenvalue weighted by atomic mass is 16.6. The van der Waals surface area contributed by atoms with Gasteiger partial charge in [-0.1, -0.05) is 146 Å². The zero-order valence-corrected chi connectivity index (χ0v) is 37.4. The van der Waals surface area contributed by atoms with E-state index < -0.39 is 22.4 Å². The molecule has 6 nitrogen and oxygen atoms in total. The molecule has 2 aliphatic carbocycles. The van der Waals surface area contributed by atoms with Crippen molar-refractivity contribution in [3.8, 4) is 23.0 Å². The van der Waals surface area contributed by atoms with Crippen LogP contribution in [0.5, 0.6) is 23.0 Å². The van der Waals surface area contributed by atoms with Crippen LogP contribution in [0.4, 0.5) is 0 Å². The van der Waals surface area contributed by atoms with Crippen LogP contribution in [0.3, 0.4) is 0 Å². The average molecular weight is 865 g/mol. The van der Waals surface area contributed by atoms with Gasteiger partial charge < -0.3 is 28.4 Å². The molecule has 4 heterocycles. The predicted octanol–water partition coefficient (Wildman–Crippen LogP) is 11.5. The minimum atomic E-state index is -1.00. The summed E-state index contributed by atoms with van der Waals surface area (Å²) < 4.78 is 41.6. The largest absolute Gasteiger partial charge is 0.496 e. The number of hydrogen-bond acceptors (Lipinski definition) is 6. The average Bonchev–Trinajstić information content (AvgIpc) is 4.10. The van der Waals surface area contributed by atoms with Crippen LogP contribution in [0.25, 0.3) is 0 Å². The summed E-state index contributed by atoms with van der Waals surface area (Å²) in [5.41, 5.74) is 13.9. The van der Waals surface area contributed by atoms with Crippen molar-refractivity contribution in [3.63, 3.8) is 0 Å². The van der Waals surface area contributed by atoms with Gasteiger partial charge in [-0.15, -0.1) is 0 Å². The number of rotatable bonds is 8. The first-order chi connectivity index (χ1) is 32.5. The summed E-state index contributed by atoms with van der Waals surface area (Å²) in [5, 5.41) is 0. The molecule has 4 atom stereocenters. The van der Waals surface area contributed by atoms with Crippen molar-refractivity contribution >= 4 is 0 Å². The van der Waals surface area contributed by atoms with E-state index in [9.17, 15) is 0 Å². The van der Waals surface area contributed by atoms with Crippen molar-refractivity contribution in [2.45, 2.75) is 48.1 Å². The number of methoxy groups -OCH3 is 4. The Bertz CT molecular complexity index is 2820. The second kappa shape index (κ2) is 14.2. The van der Waals surface area contributed by atoms with E-state index in [1.54, 1.807) is 28.4 Å². The normalized spacial score (nSPS) is 23.3. The van der Waals surface area contributed by atoms with Gasteiger partial charge in [0.05, 0.1) is 28.4 Å². The number of benzene rings is 8. The Morgan fingerprint density at radius 3 is 0.682 bits per heavy atom. The fraction of sp³-hybridized carbons (Fsp3) is 0.200. The molecule has 6 heteroatoms. The Balaban J connectivity index is 1.13. The third-order valence-electron chi connectivity index (χ3n) is 15.4. The van der Waals surface area contributed by atoms with Gasteiger partial charge in [-0.2, -0.15) is 0 Å². The standard InChI is InChI=1S/C60H48O6/c1-61-45-33-34-46(62-2)54-53(45)57(41-17-9-5-10-18-41)49-37-25-26-38(50(49)58(54,65-57)42-19-11-6-12-20-42)31-32-40-28-27-39(30-29-37)51-52(40)60(44-23-15-8-16-24-44)56-48(64-4)36-35-47(63-3)55(56)59(51,66-60)43-21-13-7-14-22-43/h5-28,33-36H,29-32H2,1-4H3/t57-,58+,59-,60+. The molecule has 324 valence electrons. The predicted molar refractivity (Wildman–Crippen MR) is 254 cm³/mol. The van der Waals surface area contributed by atoms with Crippen molar-refractivity contribution in [2.24, 2.45) is 0 Å². The van der Waals surface area contributed by atoms with E-state index in [1.807, 2.05) is 24.3 Å². The van der Waals surface area contributed by atoms with E-state index in [0.717, 1.165) is 93.2 Å². The molecular formula is C60H48O6. The summed E-state index contributed by atoms with van der Waals surface area (Å²) >= 11 is 0. The van der Waals surface area contributed by atoms with Crippen LogP contribution in [0, 0.1) is 0 Å². The van der Waals surface area contributed by atoms with Crippen LogP contribution in [-0.2, 0) is 57.6 Å². The molecule has 8 bridgehead atoms. The Kier molecular flexibility index (Phi) is 8.44. The van der Waals surface area contributed by atoms with Crippen LogP contribution in [-0.4, -0.2) is 28.4 Å². The van der Waals surface area contributed by atoms with Crippen molar-refractivity contribution in [2.75, 3.05) is 28.4 Å². The summed E-state index contributed by atoms with van der Waals surface area (Å²) in [4.78, 5) is 0. The fourth-order valence-corrected chi connectivity index (χ4v) is 13.0. The molecule has 0 unspecified atom stereocenters. The maximum atomic E-state index is 8.08. The first-order valence-electron chi connectivity index (χ1n) is 23.0. The van der Waals surface area contributed by atoms with Crippen LogP contribution < -0.4 is 18.9 Å². The fourth-order valence-electron chi connectivity index (χ4n) is 13.0. The molecular weight excluding hydrogens is 817 g/mol. The lowest BCUT2D eigenvalue weighted by molar-refractivity contribution is -0.0278. The van der Waals surface area contributed by atoms with Gasteiger partial charge in [0.1, 0.15) is 23.0 Å². The molecule has 8 aromatic carbocycles. The van der Waals surface area contributed by atoms with Gasteiger partial charge in [0.25, 0.3) is 0 Å². The summed E-state index contributed by atoms with van der Waals surface area (Å²) in [6.45, 7) is 0. The van der Waals surface area contributed by atoms with Gasteiger partial charge in [-0.3, -0.25) is 0 Å². The summed E-state index contributed by atoms with van der Waals surface area (Å²) in [6.07, 6.45) is 2.96. The zero-order valence-electron chi connectivity index (χ0n) is 37.4. The summed E-state index contributed by atoms with van der Waals surface area (Å²) in [5.74, 6) is 3.09. The molecule has 0 spiro atoms. The number of fused-ring (bicyclic) bond motifs is 16. The molecule has 6 aliphatic rings. The SMILES string of the molecule is COc1ccc(OC)c2c1[C@]1(c3ccccc3)O[C@@]2(c2ccccc2)c2c3ccc(c21)CCc1ccc(c2c1[C@@]1(c4ccccc4)O[C@]2(c2ccccc2)c2c(OC)ccc(OC)c21)CC3. The summed E-state index contributed by atoms with van der Waals surface area (Å²) in [6, 6.07) is 60.6. The minimum Gasteiger partial charge on any atom is -0.496 e. The maximum absolute atomic E-state index is 8.08. The molecule has 4 aliphatic heterocycles. The van der Waals surface area contributed by atoms with Crippen molar-refractivity contribution in [1.82, 2.24) is 0 Å². The Hall–Kier alpha value is -7.12. The lowest BCUT2D eigenvalue weighted by Crippen LogP contribution is -2.32. The van der Waals surface area contributed by atoms with E-state index in [4.69, 9.17) is 28.4 Å². The van der Waals surface area contributed by atoms with E-state index in [-0.39, 0.29) is 0 Å². The minimum absolute atomic E-state index is 0.740. The topological polar surface area (TPSA) is 55.4 Å². The Morgan fingerprint density at radius 1 is 0.273 bits per heavy atom. The highest BCUT2D eigenvalue weighted by molar-refractivity contribution is 5.80. The molecule has 0 saturated carbocycles. The van der Waals surface area contributed by atoms with E-state index >= 15 is 0 Å². The number of ether oxygens (including phenoxy) is 6. The highest BCUT2D eigenvalue weighted by Gasteiger charge is 2.70. The monoisotopic (exact) mass is 864 g/mol. The second-order valence-corrected chi connectivity index (χ2v) is 18.1. The van der Waals surface area contributed by atoms with Crippen LogP contribution in [0.1, 0.15) is 89.0 Å². The molecule has 66 heavy (non-hydrogen) atoms. The third-order valence-corrected chi connectivity index (χ3v) is 15.4. The first kappa shape index (κ1) is 39.3. The van der Waals surface area contributed by atoms with Gasteiger partial charge in [-0.05, 0) is 94.5 Å². The Labute approximate surface area is 385 Å². The van der Waals surface area contributed by atoms with Gasteiger partial charge in [-0.25, -0.2) is 0 Å². The lowest BCUT2D eigenvalue weighted by atomic mass is 9.63. The molecule has 0 radical (unpaired) electrons. The van der Waals surface area contributed by atoms with Crippen molar-refractivity contribution < 1.29 is 28.4 Å². The van der Waals surface area contributed by atoms with Gasteiger partial charge in [0.2, 0.25) is 0 Å². The molecule has 0 saturated heterocycles. The molecule has 0 N–H and O–H groups in total. The van der Waals surface area contributed by atoms with Crippen LogP contribution >= 0.6 is 0 Å². The molecule has 0 fully saturated rings. The van der Waals surface area contributed by atoms with Crippen LogP contribution in [0.15, 0.2) is 170 Å². The second-order valence-electron chi connectivity index (χ2n) is 18.1. The van der Waals surface area contributed by atoms with E-state index in [1.165, 1.54) is 44.5 Å². The van der Waals surface area contributed by atoms with Crippen molar-refractivity contribution in [1.29, 1.82) is 0 Å². The molecule has 14 rings (SSSR count). The number of aryl methyl sites for hydroxylation is 4. The van der Waals surface area contributed by atoms with Gasteiger partial charge >= 0.3 is 0 Å². The smallest absolute Gasteiger partial charge is 0.150 e. The third kappa shape index (κ3) is 4.68. The quantitative estimate of drug-likeness (QED) is 0.152. The Morgan fingerprint density at radius 2 is 0.485 bits per heavy atom. The number of hydrogen-bond donors (Lipinski definition) is 0. The van der Waals surface area contributed by atoms with Crippen molar-refractivity contribution in [3.05, 3.63) is 259 Å². The van der Waals surface area contributed by atoms with Crippen LogP contribution in [0.2, 0.25) is 0 Å². The molecule has 0 aromatic heterocycles. The highest BCUT2D eigenvalue weighted by Crippen LogP contribution is 2.73. The van der Waals surface area contributed by atoms with E-state index in [0.29, 0.717) is 0 Å².